The Morgan fingerprint density at radius 1 is 0.756 bits per heavy atom. The highest BCUT2D eigenvalue weighted by Gasteiger charge is 2.18. The highest BCUT2D eigenvalue weighted by atomic mass is 16.5. The molecule has 0 amide bonds. The van der Waals surface area contributed by atoms with Crippen molar-refractivity contribution >= 4 is 11.4 Å². The van der Waals surface area contributed by atoms with E-state index >= 15 is 0 Å². The highest BCUT2D eigenvalue weighted by Crippen LogP contribution is 2.31. The van der Waals surface area contributed by atoms with Gasteiger partial charge in [0.25, 0.3) is 0 Å². The van der Waals surface area contributed by atoms with Crippen molar-refractivity contribution in [3.8, 4) is 22.6 Å². The van der Waals surface area contributed by atoms with Crippen LogP contribution in [-0.4, -0.2) is 74.1 Å². The fraction of sp³-hybridized carbons (Fsp3) is 0.382. The molecule has 3 aromatic carbocycles. The molecule has 7 nitrogen and oxygen atoms in total. The SMILES string of the molecule is COc1ccc(N2CCN(CCNCc3ccn(-c4cc(N5CCCCC5)ccc4-c4ccccc4)n3)CC2)cc1. The lowest BCUT2D eigenvalue weighted by atomic mass is 10.0. The second-order valence-corrected chi connectivity index (χ2v) is 11.1. The van der Waals surface area contributed by atoms with Crippen molar-refractivity contribution < 1.29 is 4.74 Å². The van der Waals surface area contributed by atoms with Gasteiger partial charge < -0.3 is 19.9 Å². The minimum Gasteiger partial charge on any atom is -0.497 e. The van der Waals surface area contributed by atoms with Crippen LogP contribution >= 0.6 is 0 Å². The van der Waals surface area contributed by atoms with Gasteiger partial charge in [-0.3, -0.25) is 4.90 Å². The van der Waals surface area contributed by atoms with Gasteiger partial charge in [-0.25, -0.2) is 4.68 Å². The van der Waals surface area contributed by atoms with Crippen LogP contribution in [0.2, 0.25) is 0 Å². The molecule has 41 heavy (non-hydrogen) atoms. The standard InChI is InChI=1S/C34H42N6O/c1-41-32-13-10-30(11-14-32)39-24-22-37(23-25-39)21-17-35-27-29-16-20-40(36-29)34-26-31(38-18-6-3-7-19-38)12-15-33(34)28-8-4-2-5-9-28/h2,4-5,8-16,20,26,35H,3,6-7,17-19,21-25,27H2,1H3. The van der Waals surface area contributed by atoms with Crippen LogP contribution < -0.4 is 19.9 Å². The molecule has 0 bridgehead atoms. The van der Waals surface area contributed by atoms with E-state index in [0.717, 1.165) is 76.0 Å². The van der Waals surface area contributed by atoms with Crippen molar-refractivity contribution in [3.63, 3.8) is 0 Å². The van der Waals surface area contributed by atoms with Crippen molar-refractivity contribution in [1.29, 1.82) is 0 Å². The Balaban J connectivity index is 1.04. The summed E-state index contributed by atoms with van der Waals surface area (Å²) in [5.74, 6) is 0.908. The summed E-state index contributed by atoms with van der Waals surface area (Å²) in [5.41, 5.74) is 7.20. The number of aromatic nitrogens is 2. The van der Waals surface area contributed by atoms with Gasteiger partial charge >= 0.3 is 0 Å². The Morgan fingerprint density at radius 3 is 2.24 bits per heavy atom. The average molecular weight is 551 g/mol. The van der Waals surface area contributed by atoms with Crippen LogP contribution in [0, 0.1) is 0 Å². The smallest absolute Gasteiger partial charge is 0.119 e. The molecule has 214 valence electrons. The lowest BCUT2D eigenvalue weighted by Crippen LogP contribution is -2.48. The van der Waals surface area contributed by atoms with Gasteiger partial charge in [-0.2, -0.15) is 5.10 Å². The Bertz CT molecular complexity index is 1370. The van der Waals surface area contributed by atoms with Crippen molar-refractivity contribution in [1.82, 2.24) is 20.0 Å². The topological polar surface area (TPSA) is 48.8 Å². The molecule has 0 atom stereocenters. The molecule has 4 aromatic rings. The summed E-state index contributed by atoms with van der Waals surface area (Å²) < 4.78 is 7.35. The summed E-state index contributed by atoms with van der Waals surface area (Å²) in [6.07, 6.45) is 5.98. The predicted octanol–water partition coefficient (Wildman–Crippen LogP) is 5.45. The highest BCUT2D eigenvalue weighted by molar-refractivity contribution is 5.76. The number of benzene rings is 3. The van der Waals surface area contributed by atoms with Crippen LogP contribution in [0.3, 0.4) is 0 Å². The number of piperidine rings is 1. The first-order valence-electron chi connectivity index (χ1n) is 15.1. The first-order valence-corrected chi connectivity index (χ1v) is 15.1. The molecular weight excluding hydrogens is 508 g/mol. The van der Waals surface area contributed by atoms with Crippen molar-refractivity contribution in [3.05, 3.63) is 90.8 Å². The number of nitrogens with one attached hydrogen (secondary N) is 1. The number of ether oxygens (including phenoxy) is 1. The van der Waals surface area contributed by atoms with E-state index in [-0.39, 0.29) is 0 Å². The van der Waals surface area contributed by atoms with Crippen LogP contribution in [0.15, 0.2) is 85.1 Å². The molecule has 2 aliphatic rings. The summed E-state index contributed by atoms with van der Waals surface area (Å²) in [6.45, 7) is 9.31. The zero-order valence-electron chi connectivity index (χ0n) is 24.2. The van der Waals surface area contributed by atoms with Crippen LogP contribution in [0.1, 0.15) is 25.0 Å². The third kappa shape index (κ3) is 6.75. The summed E-state index contributed by atoms with van der Waals surface area (Å²) in [7, 11) is 1.71. The number of nitrogens with zero attached hydrogens (tertiary/aromatic N) is 5. The quantitative estimate of drug-likeness (QED) is 0.265. The normalized spacial score (nSPS) is 16.2. The van der Waals surface area contributed by atoms with Crippen LogP contribution in [0.5, 0.6) is 5.75 Å². The summed E-state index contributed by atoms with van der Waals surface area (Å²) in [5, 5.41) is 8.62. The molecule has 2 saturated heterocycles. The third-order valence-electron chi connectivity index (χ3n) is 8.40. The molecule has 2 fully saturated rings. The first-order chi connectivity index (χ1) is 20.3. The maximum Gasteiger partial charge on any atom is 0.119 e. The first kappa shape index (κ1) is 27.4. The van der Waals surface area contributed by atoms with Crippen molar-refractivity contribution in [2.75, 3.05) is 69.3 Å². The van der Waals surface area contributed by atoms with Gasteiger partial charge in [0.05, 0.1) is 18.5 Å². The summed E-state index contributed by atoms with van der Waals surface area (Å²) >= 11 is 0. The Labute approximate surface area is 244 Å². The van der Waals surface area contributed by atoms with Gasteiger partial charge in [-0.05, 0) is 67.3 Å². The van der Waals surface area contributed by atoms with E-state index in [1.807, 2.05) is 12.1 Å². The van der Waals surface area contributed by atoms with Crippen LogP contribution in [-0.2, 0) is 6.54 Å². The van der Waals surface area contributed by atoms with E-state index in [2.05, 4.69) is 97.6 Å². The fourth-order valence-electron chi connectivity index (χ4n) is 5.99. The molecule has 1 aromatic heterocycles. The van der Waals surface area contributed by atoms with Crippen LogP contribution in [0.25, 0.3) is 16.8 Å². The third-order valence-corrected chi connectivity index (χ3v) is 8.40. The summed E-state index contributed by atoms with van der Waals surface area (Å²) in [4.78, 5) is 7.52. The monoisotopic (exact) mass is 550 g/mol. The molecule has 0 saturated carbocycles. The van der Waals surface area contributed by atoms with Gasteiger partial charge in [0, 0.05) is 82.0 Å². The van der Waals surface area contributed by atoms with E-state index in [0.29, 0.717) is 0 Å². The summed E-state index contributed by atoms with van der Waals surface area (Å²) in [6, 6.07) is 28.1. The number of anilines is 2. The zero-order valence-corrected chi connectivity index (χ0v) is 24.2. The van der Waals surface area contributed by atoms with Crippen LogP contribution in [0.4, 0.5) is 11.4 Å². The van der Waals surface area contributed by atoms with E-state index in [1.54, 1.807) is 7.11 Å². The molecule has 2 aliphatic heterocycles. The van der Waals surface area contributed by atoms with Gasteiger partial charge in [0.15, 0.2) is 0 Å². The van der Waals surface area contributed by atoms with Gasteiger partial charge in [-0.1, -0.05) is 36.4 Å². The maximum atomic E-state index is 5.29. The number of hydrogen-bond donors (Lipinski definition) is 1. The molecule has 3 heterocycles. The molecule has 0 spiro atoms. The molecular formula is C34H42N6O. The number of rotatable bonds is 10. The Hall–Kier alpha value is -3.81. The molecule has 1 N–H and O–H groups in total. The minimum atomic E-state index is 0.769. The predicted molar refractivity (Wildman–Crippen MR) is 168 cm³/mol. The lowest BCUT2D eigenvalue weighted by Gasteiger charge is -2.36. The second-order valence-electron chi connectivity index (χ2n) is 11.1. The Morgan fingerprint density at radius 2 is 1.49 bits per heavy atom. The zero-order chi connectivity index (χ0) is 27.9. The number of methoxy groups -OCH3 is 1. The molecule has 0 aliphatic carbocycles. The largest absolute Gasteiger partial charge is 0.497 e. The lowest BCUT2D eigenvalue weighted by molar-refractivity contribution is 0.257. The van der Waals surface area contributed by atoms with E-state index in [4.69, 9.17) is 9.84 Å². The van der Waals surface area contributed by atoms with Gasteiger partial charge in [0.2, 0.25) is 0 Å². The molecule has 6 rings (SSSR count). The fourth-order valence-corrected chi connectivity index (χ4v) is 5.99. The van der Waals surface area contributed by atoms with Gasteiger partial charge in [-0.15, -0.1) is 0 Å². The molecule has 0 radical (unpaired) electrons. The van der Waals surface area contributed by atoms with E-state index in [1.165, 1.54) is 41.8 Å². The number of piperazine rings is 1. The maximum absolute atomic E-state index is 5.29. The van der Waals surface area contributed by atoms with Gasteiger partial charge in [0.1, 0.15) is 5.75 Å². The van der Waals surface area contributed by atoms with E-state index < -0.39 is 0 Å². The minimum absolute atomic E-state index is 0.769. The number of hydrogen-bond acceptors (Lipinski definition) is 6. The molecule has 0 unspecified atom stereocenters. The van der Waals surface area contributed by atoms with E-state index in [9.17, 15) is 0 Å². The van der Waals surface area contributed by atoms with Crippen molar-refractivity contribution in [2.45, 2.75) is 25.8 Å². The van der Waals surface area contributed by atoms with Crippen molar-refractivity contribution in [2.24, 2.45) is 0 Å². The molecule has 7 heteroatoms. The Kier molecular flexibility index (Phi) is 8.83. The second kappa shape index (κ2) is 13.2. The average Bonchev–Trinajstić information content (AvgIpc) is 3.53.